The van der Waals surface area contributed by atoms with Gasteiger partial charge in [0.25, 0.3) is 0 Å². The van der Waals surface area contributed by atoms with Crippen LogP contribution in [0.25, 0.3) is 11.0 Å². The van der Waals surface area contributed by atoms with E-state index in [1.807, 2.05) is 41.0 Å². The van der Waals surface area contributed by atoms with Crippen LogP contribution in [0, 0.1) is 0 Å². The number of nitrogens with two attached hydrogens (primary N) is 1. The summed E-state index contributed by atoms with van der Waals surface area (Å²) in [5.74, 6) is 1.96. The van der Waals surface area contributed by atoms with Gasteiger partial charge in [0.05, 0.1) is 22.6 Å². The van der Waals surface area contributed by atoms with Gasteiger partial charge in [-0.25, -0.2) is 4.98 Å². The first-order chi connectivity index (χ1) is 10.2. The maximum absolute atomic E-state index is 6.27. The summed E-state index contributed by atoms with van der Waals surface area (Å²) in [5.41, 5.74) is 8.70. The maximum Gasteiger partial charge on any atom is 0.231 e. The minimum absolute atomic E-state index is 0.265. The zero-order valence-corrected chi connectivity index (χ0v) is 11.8. The third-order valence-corrected chi connectivity index (χ3v) is 3.83. The molecule has 106 valence electrons. The Morgan fingerprint density at radius 1 is 1.19 bits per heavy atom. The smallest absolute Gasteiger partial charge is 0.231 e. The number of nitrogens with zero attached hydrogens (tertiary/aromatic N) is 2. The molecule has 5 nitrogen and oxygen atoms in total. The molecule has 0 spiro atoms. The van der Waals surface area contributed by atoms with E-state index >= 15 is 0 Å². The van der Waals surface area contributed by atoms with Crippen LogP contribution in [0.4, 0.5) is 5.95 Å². The van der Waals surface area contributed by atoms with Crippen LogP contribution in [-0.4, -0.2) is 16.3 Å². The highest BCUT2D eigenvalue weighted by Crippen LogP contribution is 2.33. The van der Waals surface area contributed by atoms with Gasteiger partial charge in [-0.3, -0.25) is 0 Å². The van der Waals surface area contributed by atoms with Crippen LogP contribution in [0.2, 0.25) is 5.02 Å². The molecule has 3 aromatic rings. The van der Waals surface area contributed by atoms with Gasteiger partial charge in [-0.15, -0.1) is 0 Å². The fraction of sp³-hybridized carbons (Fsp3) is 0.133. The highest BCUT2D eigenvalue weighted by molar-refractivity contribution is 6.35. The van der Waals surface area contributed by atoms with Gasteiger partial charge in [0.2, 0.25) is 12.7 Å². The van der Waals surface area contributed by atoms with E-state index in [4.69, 9.17) is 26.8 Å². The molecule has 0 saturated carbocycles. The molecular weight excluding hydrogens is 290 g/mol. The minimum atomic E-state index is 0.265. The molecule has 0 unspecified atom stereocenters. The zero-order valence-electron chi connectivity index (χ0n) is 11.0. The van der Waals surface area contributed by atoms with E-state index in [2.05, 4.69) is 4.98 Å². The van der Waals surface area contributed by atoms with Gasteiger partial charge in [0.1, 0.15) is 0 Å². The average molecular weight is 302 g/mol. The Labute approximate surface area is 125 Å². The van der Waals surface area contributed by atoms with Crippen molar-refractivity contribution in [1.29, 1.82) is 0 Å². The Bertz CT molecular complexity index is 844. The fourth-order valence-corrected chi connectivity index (χ4v) is 2.81. The molecule has 21 heavy (non-hydrogen) atoms. The van der Waals surface area contributed by atoms with E-state index in [9.17, 15) is 0 Å². The number of nitrogen functional groups attached to an aromatic ring is 1. The predicted molar refractivity (Wildman–Crippen MR) is 80.8 cm³/mol. The number of fused-ring (bicyclic) bond motifs is 2. The molecule has 0 saturated heterocycles. The lowest BCUT2D eigenvalue weighted by Gasteiger charge is -2.08. The summed E-state index contributed by atoms with van der Waals surface area (Å²) in [7, 11) is 0. The van der Waals surface area contributed by atoms with Crippen molar-refractivity contribution in [2.75, 3.05) is 12.5 Å². The summed E-state index contributed by atoms with van der Waals surface area (Å²) in [4.78, 5) is 4.34. The van der Waals surface area contributed by atoms with Gasteiger partial charge in [-0.1, -0.05) is 23.7 Å². The SMILES string of the molecule is Nc1nc2cccc(Cl)c2n1Cc1ccc2c(c1)OCO2. The summed E-state index contributed by atoms with van der Waals surface area (Å²) in [6, 6.07) is 11.4. The molecule has 2 aromatic carbocycles. The molecule has 6 heteroatoms. The van der Waals surface area contributed by atoms with E-state index in [0.29, 0.717) is 17.5 Å². The lowest BCUT2D eigenvalue weighted by atomic mass is 10.2. The third-order valence-electron chi connectivity index (χ3n) is 3.52. The summed E-state index contributed by atoms with van der Waals surface area (Å²) >= 11 is 6.27. The van der Waals surface area contributed by atoms with Crippen molar-refractivity contribution in [2.45, 2.75) is 6.54 Å². The largest absolute Gasteiger partial charge is 0.454 e. The monoisotopic (exact) mass is 301 g/mol. The fourth-order valence-electron chi connectivity index (χ4n) is 2.54. The molecule has 0 bridgehead atoms. The van der Waals surface area contributed by atoms with Crippen molar-refractivity contribution < 1.29 is 9.47 Å². The Hall–Kier alpha value is -2.40. The van der Waals surface area contributed by atoms with Crippen LogP contribution in [0.1, 0.15) is 5.56 Å². The molecule has 2 N–H and O–H groups in total. The number of hydrogen-bond donors (Lipinski definition) is 1. The van der Waals surface area contributed by atoms with Gasteiger partial charge in [0.15, 0.2) is 11.5 Å². The number of para-hydroxylation sites is 1. The predicted octanol–water partition coefficient (Wildman–Crippen LogP) is 3.05. The van der Waals surface area contributed by atoms with Gasteiger partial charge >= 0.3 is 0 Å². The Morgan fingerprint density at radius 2 is 2.05 bits per heavy atom. The standard InChI is InChI=1S/C15H12ClN3O2/c16-10-2-1-3-11-14(10)19(15(17)18-11)7-9-4-5-12-13(6-9)21-8-20-12/h1-6H,7-8H2,(H2,17,18). The summed E-state index contributed by atoms with van der Waals surface area (Å²) < 4.78 is 12.6. The number of benzene rings is 2. The van der Waals surface area contributed by atoms with Crippen LogP contribution < -0.4 is 15.2 Å². The molecule has 0 atom stereocenters. The van der Waals surface area contributed by atoms with Crippen LogP contribution in [-0.2, 0) is 6.54 Å². The lowest BCUT2D eigenvalue weighted by molar-refractivity contribution is 0.174. The van der Waals surface area contributed by atoms with Gasteiger partial charge in [-0.05, 0) is 29.8 Å². The van der Waals surface area contributed by atoms with E-state index in [1.165, 1.54) is 0 Å². The average Bonchev–Trinajstić information content (AvgIpc) is 3.04. The molecule has 2 heterocycles. The Kier molecular flexibility index (Phi) is 2.68. The van der Waals surface area contributed by atoms with Gasteiger partial charge in [-0.2, -0.15) is 0 Å². The number of imidazole rings is 1. The van der Waals surface area contributed by atoms with Crippen molar-refractivity contribution in [3.05, 3.63) is 47.0 Å². The van der Waals surface area contributed by atoms with Crippen molar-refractivity contribution in [2.24, 2.45) is 0 Å². The molecule has 0 amide bonds. The number of aromatic nitrogens is 2. The summed E-state index contributed by atoms with van der Waals surface area (Å²) in [5, 5.41) is 0.637. The molecule has 4 rings (SSSR count). The third kappa shape index (κ3) is 1.97. The highest BCUT2D eigenvalue weighted by Gasteiger charge is 2.15. The molecular formula is C15H12ClN3O2. The molecule has 0 radical (unpaired) electrons. The summed E-state index contributed by atoms with van der Waals surface area (Å²) in [6.07, 6.45) is 0. The topological polar surface area (TPSA) is 62.3 Å². The lowest BCUT2D eigenvalue weighted by Crippen LogP contribution is -2.04. The summed E-state index contributed by atoms with van der Waals surface area (Å²) in [6.45, 7) is 0.837. The Balaban J connectivity index is 1.79. The Morgan fingerprint density at radius 3 is 2.95 bits per heavy atom. The molecule has 0 fully saturated rings. The number of anilines is 1. The first-order valence-corrected chi connectivity index (χ1v) is 6.89. The second-order valence-electron chi connectivity index (χ2n) is 4.85. The van der Waals surface area contributed by atoms with Crippen LogP contribution in [0.5, 0.6) is 11.5 Å². The maximum atomic E-state index is 6.27. The number of halogens is 1. The number of rotatable bonds is 2. The molecule has 1 aliphatic heterocycles. The molecule has 1 aliphatic rings. The van der Waals surface area contributed by atoms with E-state index in [0.717, 1.165) is 28.1 Å². The van der Waals surface area contributed by atoms with Crippen LogP contribution >= 0.6 is 11.6 Å². The highest BCUT2D eigenvalue weighted by atomic mass is 35.5. The minimum Gasteiger partial charge on any atom is -0.454 e. The van der Waals surface area contributed by atoms with Gasteiger partial charge < -0.3 is 19.8 Å². The number of hydrogen-bond acceptors (Lipinski definition) is 4. The number of ether oxygens (including phenoxy) is 2. The van der Waals surface area contributed by atoms with E-state index in [-0.39, 0.29) is 6.79 Å². The molecule has 0 aliphatic carbocycles. The van der Waals surface area contributed by atoms with Gasteiger partial charge in [0, 0.05) is 0 Å². The van der Waals surface area contributed by atoms with Crippen molar-refractivity contribution >= 4 is 28.6 Å². The normalized spacial score (nSPS) is 13.0. The van der Waals surface area contributed by atoms with Crippen molar-refractivity contribution in [3.63, 3.8) is 0 Å². The second kappa shape index (κ2) is 4.56. The van der Waals surface area contributed by atoms with Crippen molar-refractivity contribution in [1.82, 2.24) is 9.55 Å². The quantitative estimate of drug-likeness (QED) is 0.790. The zero-order chi connectivity index (χ0) is 14.4. The first kappa shape index (κ1) is 12.3. The van der Waals surface area contributed by atoms with Crippen LogP contribution in [0.3, 0.4) is 0 Å². The molecule has 1 aromatic heterocycles. The second-order valence-corrected chi connectivity index (χ2v) is 5.26. The van der Waals surface area contributed by atoms with E-state index in [1.54, 1.807) is 0 Å². The first-order valence-electron chi connectivity index (χ1n) is 6.51. The van der Waals surface area contributed by atoms with Crippen LogP contribution in [0.15, 0.2) is 36.4 Å². The van der Waals surface area contributed by atoms with Crippen molar-refractivity contribution in [3.8, 4) is 11.5 Å². The van der Waals surface area contributed by atoms with E-state index < -0.39 is 0 Å².